The first kappa shape index (κ1) is 30.3. The number of aryl methyl sites for hydroxylation is 1. The van der Waals surface area contributed by atoms with Crippen LogP contribution in [0.2, 0.25) is 0 Å². The molecule has 4 heteroatoms. The number of hydrogen-bond donors (Lipinski definition) is 1. The third kappa shape index (κ3) is 5.44. The van der Waals surface area contributed by atoms with Crippen molar-refractivity contribution < 1.29 is 5.11 Å². The van der Waals surface area contributed by atoms with E-state index in [2.05, 4.69) is 138 Å². The van der Waals surface area contributed by atoms with Gasteiger partial charge in [0.2, 0.25) is 0 Å². The van der Waals surface area contributed by atoms with Crippen molar-refractivity contribution >= 4 is 21.8 Å². The van der Waals surface area contributed by atoms with E-state index in [1.165, 1.54) is 21.8 Å². The molecule has 6 aromatic carbocycles. The highest BCUT2D eigenvalue weighted by atomic mass is 16.3. The van der Waals surface area contributed by atoms with Crippen LogP contribution in [-0.2, 0) is 0 Å². The zero-order valence-electron chi connectivity index (χ0n) is 28.0. The lowest BCUT2D eigenvalue weighted by atomic mass is 9.96. The number of benzene rings is 6. The standard InChI is InChI=1S/C47H33N3O/c1-31-13-10-24-45(51)46(31)43-30-36(32-14-4-2-5-15-32)29-42(49-43)35-17-11-16-34(27-35)41-28-33(25-26-48-41)38-21-12-22-40-39-20-8-9-23-44(39)50(47(38)40)37-18-6-3-7-19-37/h2-30,51H,1H3. The highest BCUT2D eigenvalue weighted by Crippen LogP contribution is 2.40. The van der Waals surface area contributed by atoms with E-state index in [4.69, 9.17) is 9.97 Å². The molecule has 0 saturated heterocycles. The van der Waals surface area contributed by atoms with E-state index in [1.54, 1.807) is 6.07 Å². The summed E-state index contributed by atoms with van der Waals surface area (Å²) in [5, 5.41) is 13.4. The molecule has 0 saturated carbocycles. The molecule has 0 spiro atoms. The molecular formula is C47H33N3O. The quantitative estimate of drug-likeness (QED) is 0.194. The Labute approximate surface area is 296 Å². The van der Waals surface area contributed by atoms with Gasteiger partial charge in [0.1, 0.15) is 5.75 Å². The fraction of sp³-hybridized carbons (Fsp3) is 0.0213. The fourth-order valence-electron chi connectivity index (χ4n) is 7.28. The second kappa shape index (κ2) is 12.6. The number of phenolic OH excluding ortho intramolecular Hbond substituents is 1. The number of pyridine rings is 2. The smallest absolute Gasteiger partial charge is 0.125 e. The van der Waals surface area contributed by atoms with Crippen LogP contribution in [0, 0.1) is 6.92 Å². The van der Waals surface area contributed by atoms with Gasteiger partial charge in [0, 0.05) is 44.9 Å². The normalized spacial score (nSPS) is 11.3. The zero-order valence-corrected chi connectivity index (χ0v) is 28.0. The largest absolute Gasteiger partial charge is 0.507 e. The first-order chi connectivity index (χ1) is 25.1. The molecule has 242 valence electrons. The molecule has 9 rings (SSSR count). The number of nitrogens with zero attached hydrogens (tertiary/aromatic N) is 3. The minimum Gasteiger partial charge on any atom is -0.507 e. The van der Waals surface area contributed by atoms with Crippen LogP contribution >= 0.6 is 0 Å². The molecular weight excluding hydrogens is 623 g/mol. The summed E-state index contributed by atoms with van der Waals surface area (Å²) in [6, 6.07) is 58.5. The Hall–Kier alpha value is -6.78. The van der Waals surface area contributed by atoms with Gasteiger partial charge in [-0.25, -0.2) is 4.98 Å². The van der Waals surface area contributed by atoms with Gasteiger partial charge >= 0.3 is 0 Å². The average Bonchev–Trinajstić information content (AvgIpc) is 3.53. The number of aromatic hydroxyl groups is 1. The Morgan fingerprint density at radius 3 is 1.96 bits per heavy atom. The van der Waals surface area contributed by atoms with Gasteiger partial charge in [0.05, 0.1) is 28.1 Å². The van der Waals surface area contributed by atoms with Crippen molar-refractivity contribution in [1.29, 1.82) is 0 Å². The second-order valence-electron chi connectivity index (χ2n) is 12.9. The van der Waals surface area contributed by atoms with E-state index in [1.807, 2.05) is 43.5 Å². The van der Waals surface area contributed by atoms with Gasteiger partial charge in [-0.1, -0.05) is 115 Å². The number of aromatic nitrogens is 3. The Morgan fingerprint density at radius 2 is 1.14 bits per heavy atom. The maximum atomic E-state index is 10.9. The number of rotatable bonds is 6. The molecule has 51 heavy (non-hydrogen) atoms. The maximum absolute atomic E-state index is 10.9. The summed E-state index contributed by atoms with van der Waals surface area (Å²) in [6.45, 7) is 2.00. The Morgan fingerprint density at radius 1 is 0.490 bits per heavy atom. The van der Waals surface area contributed by atoms with Crippen LogP contribution in [0.25, 0.3) is 83.5 Å². The van der Waals surface area contributed by atoms with Crippen LogP contribution in [0.15, 0.2) is 176 Å². The third-order valence-electron chi connectivity index (χ3n) is 9.67. The predicted octanol–water partition coefficient (Wildman–Crippen LogP) is 11.9. The third-order valence-corrected chi connectivity index (χ3v) is 9.67. The Bertz CT molecular complexity index is 2690. The van der Waals surface area contributed by atoms with Crippen LogP contribution in [0.1, 0.15) is 5.56 Å². The van der Waals surface area contributed by atoms with Crippen molar-refractivity contribution in [2.24, 2.45) is 0 Å². The molecule has 0 unspecified atom stereocenters. The molecule has 0 atom stereocenters. The Kier molecular flexibility index (Phi) is 7.48. The molecule has 0 aliphatic carbocycles. The molecule has 0 aliphatic rings. The van der Waals surface area contributed by atoms with Crippen molar-refractivity contribution in [2.75, 3.05) is 0 Å². The number of fused-ring (bicyclic) bond motifs is 3. The summed E-state index contributed by atoms with van der Waals surface area (Å²) in [5.41, 5.74) is 13.9. The van der Waals surface area contributed by atoms with Gasteiger partial charge < -0.3 is 9.67 Å². The summed E-state index contributed by atoms with van der Waals surface area (Å²) in [7, 11) is 0. The van der Waals surface area contributed by atoms with Crippen LogP contribution in [0.5, 0.6) is 5.75 Å². The molecule has 0 amide bonds. The second-order valence-corrected chi connectivity index (χ2v) is 12.9. The van der Waals surface area contributed by atoms with Crippen molar-refractivity contribution in [3.63, 3.8) is 0 Å². The topological polar surface area (TPSA) is 50.9 Å². The molecule has 3 heterocycles. The van der Waals surface area contributed by atoms with E-state index >= 15 is 0 Å². The fourth-order valence-corrected chi connectivity index (χ4v) is 7.28. The summed E-state index contributed by atoms with van der Waals surface area (Å²) >= 11 is 0. The number of phenols is 1. The van der Waals surface area contributed by atoms with Gasteiger partial charge in [0.25, 0.3) is 0 Å². The van der Waals surface area contributed by atoms with Crippen molar-refractivity contribution in [3.05, 3.63) is 182 Å². The van der Waals surface area contributed by atoms with E-state index in [9.17, 15) is 5.11 Å². The zero-order chi connectivity index (χ0) is 34.3. The lowest BCUT2D eigenvalue weighted by Crippen LogP contribution is -1.95. The highest BCUT2D eigenvalue weighted by Gasteiger charge is 2.18. The van der Waals surface area contributed by atoms with Crippen molar-refractivity contribution in [3.8, 4) is 67.5 Å². The van der Waals surface area contributed by atoms with Gasteiger partial charge in [0.15, 0.2) is 0 Å². The minimum absolute atomic E-state index is 0.217. The van der Waals surface area contributed by atoms with Gasteiger partial charge in [-0.05, 0) is 83.8 Å². The SMILES string of the molecule is Cc1cccc(O)c1-c1cc(-c2ccccc2)cc(-c2cccc(-c3cc(-c4cccc5c6ccccc6n(-c6ccccc6)c45)ccn3)c2)n1. The van der Waals surface area contributed by atoms with Crippen LogP contribution in [0.3, 0.4) is 0 Å². The monoisotopic (exact) mass is 655 g/mol. The van der Waals surface area contributed by atoms with E-state index in [-0.39, 0.29) is 5.75 Å². The molecule has 0 radical (unpaired) electrons. The van der Waals surface area contributed by atoms with E-state index in [0.717, 1.165) is 67.3 Å². The average molecular weight is 656 g/mol. The van der Waals surface area contributed by atoms with Crippen LogP contribution < -0.4 is 0 Å². The molecule has 0 fully saturated rings. The van der Waals surface area contributed by atoms with Gasteiger partial charge in [-0.15, -0.1) is 0 Å². The first-order valence-corrected chi connectivity index (χ1v) is 17.1. The molecule has 0 bridgehead atoms. The van der Waals surface area contributed by atoms with Crippen LogP contribution in [0.4, 0.5) is 0 Å². The van der Waals surface area contributed by atoms with Gasteiger partial charge in [-0.2, -0.15) is 0 Å². The maximum Gasteiger partial charge on any atom is 0.125 e. The predicted molar refractivity (Wildman–Crippen MR) is 210 cm³/mol. The molecule has 0 aliphatic heterocycles. The lowest BCUT2D eigenvalue weighted by molar-refractivity contribution is 0.477. The number of para-hydroxylation sites is 3. The van der Waals surface area contributed by atoms with Crippen LogP contribution in [-0.4, -0.2) is 19.6 Å². The molecule has 9 aromatic rings. The summed E-state index contributed by atoms with van der Waals surface area (Å²) in [4.78, 5) is 10.00. The summed E-state index contributed by atoms with van der Waals surface area (Å²) in [6.07, 6.45) is 1.90. The first-order valence-electron chi connectivity index (χ1n) is 17.1. The van der Waals surface area contributed by atoms with Crippen molar-refractivity contribution in [2.45, 2.75) is 6.92 Å². The molecule has 1 N–H and O–H groups in total. The lowest BCUT2D eigenvalue weighted by Gasteiger charge is -2.14. The van der Waals surface area contributed by atoms with E-state index in [0.29, 0.717) is 0 Å². The molecule has 4 nitrogen and oxygen atoms in total. The highest BCUT2D eigenvalue weighted by molar-refractivity contribution is 6.13. The molecule has 3 aromatic heterocycles. The van der Waals surface area contributed by atoms with E-state index < -0.39 is 0 Å². The summed E-state index contributed by atoms with van der Waals surface area (Å²) in [5.74, 6) is 0.217. The Balaban J connectivity index is 1.18. The van der Waals surface area contributed by atoms with Crippen molar-refractivity contribution in [1.82, 2.24) is 14.5 Å². The summed E-state index contributed by atoms with van der Waals surface area (Å²) < 4.78 is 2.37. The van der Waals surface area contributed by atoms with Gasteiger partial charge in [-0.3, -0.25) is 4.98 Å². The number of hydrogen-bond acceptors (Lipinski definition) is 3. The minimum atomic E-state index is 0.217.